The molecule has 27 heavy (non-hydrogen) atoms. The zero-order valence-electron chi connectivity index (χ0n) is 15.5. The summed E-state index contributed by atoms with van der Waals surface area (Å²) in [5.74, 6) is 0.189. The van der Waals surface area contributed by atoms with Gasteiger partial charge in [-0.2, -0.15) is 0 Å². The average Bonchev–Trinajstić information content (AvgIpc) is 3.04. The first-order valence-corrected chi connectivity index (χ1v) is 8.90. The molecule has 2 aromatic carbocycles. The van der Waals surface area contributed by atoms with E-state index in [0.29, 0.717) is 25.1 Å². The van der Waals surface area contributed by atoms with Crippen molar-refractivity contribution in [3.63, 3.8) is 0 Å². The number of hydrogen-bond donors (Lipinski definition) is 2. The van der Waals surface area contributed by atoms with E-state index in [0.717, 1.165) is 22.4 Å². The fourth-order valence-corrected chi connectivity index (χ4v) is 3.00. The Balaban J connectivity index is 1.45. The summed E-state index contributed by atoms with van der Waals surface area (Å²) in [6.07, 6.45) is 0.786. The molecule has 142 valence electrons. The molecule has 6 heteroatoms. The Hall–Kier alpha value is -3.02. The molecular formula is C21H23NO5. The van der Waals surface area contributed by atoms with E-state index in [2.05, 4.69) is 18.3 Å². The Labute approximate surface area is 158 Å². The van der Waals surface area contributed by atoms with Crippen LogP contribution in [-0.2, 0) is 22.4 Å². The third kappa shape index (κ3) is 4.78. The fraction of sp³-hybridized carbons (Fsp3) is 0.333. The van der Waals surface area contributed by atoms with E-state index in [9.17, 15) is 9.59 Å². The van der Waals surface area contributed by atoms with Gasteiger partial charge in [0.2, 0.25) is 0 Å². The van der Waals surface area contributed by atoms with Gasteiger partial charge in [-0.25, -0.2) is 4.79 Å². The van der Waals surface area contributed by atoms with Gasteiger partial charge in [0, 0.05) is 13.0 Å². The van der Waals surface area contributed by atoms with Crippen LogP contribution in [0.25, 0.3) is 0 Å². The number of aryl methyl sites for hydroxylation is 2. The van der Waals surface area contributed by atoms with Crippen molar-refractivity contribution < 1.29 is 24.2 Å². The van der Waals surface area contributed by atoms with E-state index in [-0.39, 0.29) is 12.5 Å². The maximum atomic E-state index is 12.4. The van der Waals surface area contributed by atoms with Gasteiger partial charge in [-0.15, -0.1) is 0 Å². The van der Waals surface area contributed by atoms with Gasteiger partial charge >= 0.3 is 5.97 Å². The van der Waals surface area contributed by atoms with E-state index >= 15 is 0 Å². The lowest BCUT2D eigenvalue weighted by molar-refractivity contribution is -0.139. The monoisotopic (exact) mass is 369 g/mol. The van der Waals surface area contributed by atoms with Gasteiger partial charge in [0.25, 0.3) is 5.91 Å². The van der Waals surface area contributed by atoms with Crippen molar-refractivity contribution in [1.82, 2.24) is 5.32 Å². The summed E-state index contributed by atoms with van der Waals surface area (Å²) >= 11 is 0. The van der Waals surface area contributed by atoms with Gasteiger partial charge in [0.1, 0.15) is 11.5 Å². The van der Waals surface area contributed by atoms with Crippen LogP contribution in [0.4, 0.5) is 0 Å². The van der Waals surface area contributed by atoms with Gasteiger partial charge in [-0.3, -0.25) is 4.79 Å². The number of hydrogen-bond acceptors (Lipinski definition) is 4. The predicted molar refractivity (Wildman–Crippen MR) is 100 cm³/mol. The molecule has 6 nitrogen and oxygen atoms in total. The quantitative estimate of drug-likeness (QED) is 0.783. The Bertz CT molecular complexity index is 813. The molecule has 2 aromatic rings. The second-order valence-corrected chi connectivity index (χ2v) is 6.72. The summed E-state index contributed by atoms with van der Waals surface area (Å²) in [6.45, 7) is 4.23. The van der Waals surface area contributed by atoms with Crippen molar-refractivity contribution >= 4 is 11.9 Å². The van der Waals surface area contributed by atoms with Crippen LogP contribution in [0, 0.1) is 13.8 Å². The molecule has 0 spiro atoms. The first-order valence-electron chi connectivity index (χ1n) is 8.90. The Morgan fingerprint density at radius 3 is 2.59 bits per heavy atom. The maximum absolute atomic E-state index is 12.4. The standard InChI is InChI=1S/C21H23NO5/c1-13-9-16-11-19(27-18(16)10-14(13)2)21(25)22-8-7-15-3-5-17(6-4-15)26-12-20(23)24/h3-6,9-10,19H,7-8,11-12H2,1-2H3,(H,22,25)(H,23,24). The zero-order chi connectivity index (χ0) is 19.4. The molecule has 3 rings (SSSR count). The van der Waals surface area contributed by atoms with Crippen LogP contribution in [0.15, 0.2) is 36.4 Å². The van der Waals surface area contributed by atoms with Gasteiger partial charge in [0.05, 0.1) is 0 Å². The topological polar surface area (TPSA) is 84.9 Å². The number of fused-ring (bicyclic) bond motifs is 1. The van der Waals surface area contributed by atoms with Crippen LogP contribution in [0.2, 0.25) is 0 Å². The normalized spacial score (nSPS) is 15.0. The average molecular weight is 369 g/mol. The van der Waals surface area contributed by atoms with Crippen LogP contribution in [0.1, 0.15) is 22.3 Å². The summed E-state index contributed by atoms with van der Waals surface area (Å²) in [5.41, 5.74) is 4.47. The van der Waals surface area contributed by atoms with Gasteiger partial charge < -0.3 is 19.9 Å². The molecule has 0 saturated heterocycles. The minimum absolute atomic E-state index is 0.108. The van der Waals surface area contributed by atoms with Crippen molar-refractivity contribution in [3.05, 3.63) is 58.7 Å². The van der Waals surface area contributed by atoms with E-state index < -0.39 is 12.1 Å². The molecular weight excluding hydrogens is 346 g/mol. The van der Waals surface area contributed by atoms with E-state index in [4.69, 9.17) is 14.6 Å². The number of ether oxygens (including phenoxy) is 2. The number of carboxylic acid groups (broad SMARTS) is 1. The highest BCUT2D eigenvalue weighted by Crippen LogP contribution is 2.31. The van der Waals surface area contributed by atoms with Gasteiger partial charge in [-0.1, -0.05) is 18.2 Å². The first-order chi connectivity index (χ1) is 12.9. The summed E-state index contributed by atoms with van der Waals surface area (Å²) in [6, 6.07) is 11.2. The minimum atomic E-state index is -1.01. The highest BCUT2D eigenvalue weighted by Gasteiger charge is 2.29. The summed E-state index contributed by atoms with van der Waals surface area (Å²) in [5, 5.41) is 11.5. The molecule has 0 aliphatic carbocycles. The zero-order valence-corrected chi connectivity index (χ0v) is 15.5. The summed E-state index contributed by atoms with van der Waals surface area (Å²) < 4.78 is 10.9. The fourth-order valence-electron chi connectivity index (χ4n) is 3.00. The molecule has 0 aromatic heterocycles. The number of carbonyl (C=O) groups excluding carboxylic acids is 1. The van der Waals surface area contributed by atoms with Gasteiger partial charge in [-0.05, 0) is 60.7 Å². The van der Waals surface area contributed by atoms with E-state index in [1.165, 1.54) is 5.56 Å². The van der Waals surface area contributed by atoms with Crippen LogP contribution in [0.3, 0.4) is 0 Å². The third-order valence-corrected chi connectivity index (χ3v) is 4.64. The maximum Gasteiger partial charge on any atom is 0.341 e. The third-order valence-electron chi connectivity index (χ3n) is 4.64. The molecule has 0 radical (unpaired) electrons. The number of benzene rings is 2. The highest BCUT2D eigenvalue weighted by molar-refractivity contribution is 5.82. The molecule has 1 heterocycles. The van der Waals surface area contributed by atoms with Crippen molar-refractivity contribution in [2.24, 2.45) is 0 Å². The second kappa shape index (κ2) is 8.12. The van der Waals surface area contributed by atoms with Crippen LogP contribution >= 0.6 is 0 Å². The van der Waals surface area contributed by atoms with Crippen molar-refractivity contribution in [1.29, 1.82) is 0 Å². The summed E-state index contributed by atoms with van der Waals surface area (Å²) in [7, 11) is 0. The number of aliphatic carboxylic acids is 1. The molecule has 0 bridgehead atoms. The number of carbonyl (C=O) groups is 2. The highest BCUT2D eigenvalue weighted by atomic mass is 16.5. The molecule has 1 unspecified atom stereocenters. The Kier molecular flexibility index (Phi) is 5.64. The SMILES string of the molecule is Cc1cc2c(cc1C)OC(C(=O)NCCc1ccc(OCC(=O)O)cc1)C2. The van der Waals surface area contributed by atoms with Crippen LogP contribution in [0.5, 0.6) is 11.5 Å². The minimum Gasteiger partial charge on any atom is -0.482 e. The number of amides is 1. The molecule has 1 aliphatic rings. The lowest BCUT2D eigenvalue weighted by atomic mass is 10.0. The molecule has 1 atom stereocenters. The Morgan fingerprint density at radius 2 is 1.89 bits per heavy atom. The molecule has 1 amide bonds. The largest absolute Gasteiger partial charge is 0.482 e. The first kappa shape index (κ1) is 18.8. The van der Waals surface area contributed by atoms with Crippen molar-refractivity contribution in [2.75, 3.05) is 13.2 Å². The van der Waals surface area contributed by atoms with Crippen molar-refractivity contribution in [2.45, 2.75) is 32.8 Å². The van der Waals surface area contributed by atoms with Crippen LogP contribution < -0.4 is 14.8 Å². The van der Waals surface area contributed by atoms with Gasteiger partial charge in [0.15, 0.2) is 12.7 Å². The number of carboxylic acids is 1. The van der Waals surface area contributed by atoms with Crippen molar-refractivity contribution in [3.8, 4) is 11.5 Å². The number of rotatable bonds is 7. The summed E-state index contributed by atoms with van der Waals surface area (Å²) in [4.78, 5) is 22.8. The Morgan fingerprint density at radius 1 is 1.19 bits per heavy atom. The second-order valence-electron chi connectivity index (χ2n) is 6.72. The molecule has 0 saturated carbocycles. The molecule has 1 aliphatic heterocycles. The number of nitrogens with one attached hydrogen (secondary N) is 1. The smallest absolute Gasteiger partial charge is 0.341 e. The lowest BCUT2D eigenvalue weighted by Crippen LogP contribution is -2.38. The predicted octanol–water partition coefficient (Wildman–Crippen LogP) is 2.43. The molecule has 0 fully saturated rings. The lowest BCUT2D eigenvalue weighted by Gasteiger charge is -2.11. The van der Waals surface area contributed by atoms with Crippen LogP contribution in [-0.4, -0.2) is 36.2 Å². The van der Waals surface area contributed by atoms with E-state index in [1.54, 1.807) is 12.1 Å². The molecule has 2 N–H and O–H groups in total. The van der Waals surface area contributed by atoms with E-state index in [1.807, 2.05) is 25.1 Å².